The third-order valence-corrected chi connectivity index (χ3v) is 4.18. The SMILES string of the molecule is NS(=O)c1cccc2c1NSS2. The van der Waals surface area contributed by atoms with E-state index in [-0.39, 0.29) is 0 Å². The van der Waals surface area contributed by atoms with Crippen LogP contribution in [-0.2, 0) is 11.0 Å². The van der Waals surface area contributed by atoms with Crippen LogP contribution in [0.4, 0.5) is 5.69 Å². The van der Waals surface area contributed by atoms with Gasteiger partial charge in [0.25, 0.3) is 0 Å². The smallest absolute Gasteiger partial charge is 0.124 e. The number of fused-ring (bicyclic) bond motifs is 1. The number of nitrogens with two attached hydrogens (primary N) is 1. The molecule has 64 valence electrons. The molecule has 12 heavy (non-hydrogen) atoms. The van der Waals surface area contributed by atoms with Gasteiger partial charge in [0, 0.05) is 15.9 Å². The molecule has 3 N–H and O–H groups in total. The molecule has 2 rings (SSSR count). The lowest BCUT2D eigenvalue weighted by Gasteiger charge is -2.02. The van der Waals surface area contributed by atoms with E-state index >= 15 is 0 Å². The van der Waals surface area contributed by atoms with Gasteiger partial charge < -0.3 is 4.72 Å². The predicted octanol–water partition coefficient (Wildman–Crippen LogP) is 1.75. The van der Waals surface area contributed by atoms with Crippen LogP contribution in [0.3, 0.4) is 0 Å². The molecule has 1 aromatic carbocycles. The van der Waals surface area contributed by atoms with E-state index in [1.165, 1.54) is 11.0 Å². The van der Waals surface area contributed by atoms with Crippen molar-refractivity contribution >= 4 is 38.4 Å². The van der Waals surface area contributed by atoms with E-state index in [2.05, 4.69) is 4.72 Å². The lowest BCUT2D eigenvalue weighted by molar-refractivity contribution is 0.684. The van der Waals surface area contributed by atoms with Gasteiger partial charge in [-0.2, -0.15) is 0 Å². The Hall–Kier alpha value is -0.170. The fraction of sp³-hybridized carbons (Fsp3) is 0. The van der Waals surface area contributed by atoms with Crippen LogP contribution >= 0.6 is 21.8 Å². The maximum Gasteiger partial charge on any atom is 0.124 e. The lowest BCUT2D eigenvalue weighted by Crippen LogP contribution is -2.04. The first-order chi connectivity index (χ1) is 5.79. The zero-order chi connectivity index (χ0) is 8.55. The van der Waals surface area contributed by atoms with Gasteiger partial charge in [0.15, 0.2) is 0 Å². The van der Waals surface area contributed by atoms with Gasteiger partial charge in [0.2, 0.25) is 0 Å². The molecule has 0 aromatic heterocycles. The van der Waals surface area contributed by atoms with Crippen molar-refractivity contribution in [2.75, 3.05) is 4.72 Å². The van der Waals surface area contributed by atoms with Gasteiger partial charge in [0.1, 0.15) is 11.0 Å². The second kappa shape index (κ2) is 3.29. The molecule has 0 saturated carbocycles. The third-order valence-electron chi connectivity index (χ3n) is 1.48. The summed E-state index contributed by atoms with van der Waals surface area (Å²) in [5.74, 6) is 0. The summed E-state index contributed by atoms with van der Waals surface area (Å²) >= 11 is 0. The highest BCUT2D eigenvalue weighted by molar-refractivity contribution is 8.77. The summed E-state index contributed by atoms with van der Waals surface area (Å²) in [6.45, 7) is 0. The van der Waals surface area contributed by atoms with Crippen molar-refractivity contribution in [3.05, 3.63) is 18.2 Å². The van der Waals surface area contributed by atoms with E-state index < -0.39 is 11.0 Å². The second-order valence-electron chi connectivity index (χ2n) is 2.20. The molecule has 0 spiro atoms. The zero-order valence-electron chi connectivity index (χ0n) is 5.94. The van der Waals surface area contributed by atoms with E-state index in [0.29, 0.717) is 4.90 Å². The van der Waals surface area contributed by atoms with Crippen LogP contribution in [0.5, 0.6) is 0 Å². The standard InChI is InChI=1S/C6H6N2OS3/c7-12(9)5-3-1-2-4-6(5)8-11-10-4/h1-3,8H,7H2. The quantitative estimate of drug-likeness (QED) is 0.557. The van der Waals surface area contributed by atoms with Crippen LogP contribution in [0.25, 0.3) is 0 Å². The Morgan fingerprint density at radius 2 is 2.33 bits per heavy atom. The van der Waals surface area contributed by atoms with Crippen molar-refractivity contribution in [1.29, 1.82) is 0 Å². The average molecular weight is 218 g/mol. The maximum atomic E-state index is 11.0. The number of nitrogens with one attached hydrogen (secondary N) is 1. The lowest BCUT2D eigenvalue weighted by atomic mass is 10.3. The summed E-state index contributed by atoms with van der Waals surface area (Å²) in [6, 6.07) is 5.61. The molecule has 0 saturated heterocycles. The molecule has 3 nitrogen and oxygen atoms in total. The van der Waals surface area contributed by atoms with E-state index in [4.69, 9.17) is 5.14 Å². The molecule has 0 fully saturated rings. The molecule has 1 aromatic rings. The minimum atomic E-state index is -1.40. The molecule has 1 unspecified atom stereocenters. The van der Waals surface area contributed by atoms with E-state index in [1.54, 1.807) is 16.9 Å². The van der Waals surface area contributed by atoms with Crippen LogP contribution in [0.1, 0.15) is 0 Å². The second-order valence-corrected chi connectivity index (χ2v) is 5.21. The van der Waals surface area contributed by atoms with Gasteiger partial charge in [0.05, 0.1) is 10.6 Å². The minimum Gasteiger partial charge on any atom is -0.318 e. The fourth-order valence-corrected chi connectivity index (χ4v) is 3.60. The number of para-hydroxylation sites is 1. The van der Waals surface area contributed by atoms with Crippen molar-refractivity contribution in [1.82, 2.24) is 0 Å². The van der Waals surface area contributed by atoms with Crippen molar-refractivity contribution in [3.8, 4) is 0 Å². The van der Waals surface area contributed by atoms with Gasteiger partial charge >= 0.3 is 0 Å². The first-order valence-corrected chi connectivity index (χ1v) is 6.54. The third kappa shape index (κ3) is 1.35. The molecular formula is C6H6N2OS3. The van der Waals surface area contributed by atoms with E-state index in [0.717, 1.165) is 10.6 Å². The molecule has 1 atom stereocenters. The van der Waals surface area contributed by atoms with Crippen molar-refractivity contribution < 1.29 is 4.21 Å². The van der Waals surface area contributed by atoms with Gasteiger partial charge in [-0.15, -0.1) is 0 Å². The molecule has 1 heterocycles. The van der Waals surface area contributed by atoms with E-state index in [1.807, 2.05) is 12.1 Å². The molecule has 6 heteroatoms. The Bertz CT molecular complexity index is 342. The Kier molecular flexibility index (Phi) is 2.31. The summed E-state index contributed by atoms with van der Waals surface area (Å²) in [7, 11) is 1.73. The summed E-state index contributed by atoms with van der Waals surface area (Å²) in [4.78, 5) is 1.77. The minimum absolute atomic E-state index is 0.671. The first kappa shape index (κ1) is 8.43. The maximum absolute atomic E-state index is 11.0. The monoisotopic (exact) mass is 218 g/mol. The van der Waals surface area contributed by atoms with Crippen LogP contribution in [0.2, 0.25) is 0 Å². The number of benzene rings is 1. The summed E-state index contributed by atoms with van der Waals surface area (Å²) < 4.78 is 14.1. The molecule has 0 aliphatic carbocycles. The fourth-order valence-electron chi connectivity index (χ4n) is 0.956. The molecule has 0 amide bonds. The van der Waals surface area contributed by atoms with Crippen LogP contribution in [-0.4, -0.2) is 4.21 Å². The van der Waals surface area contributed by atoms with Gasteiger partial charge in [-0.1, -0.05) is 6.07 Å². The molecular weight excluding hydrogens is 212 g/mol. The van der Waals surface area contributed by atoms with E-state index in [9.17, 15) is 4.21 Å². The molecule has 1 aliphatic rings. The Morgan fingerprint density at radius 3 is 3.08 bits per heavy atom. The van der Waals surface area contributed by atoms with Gasteiger partial charge in [-0.05, 0) is 22.9 Å². The number of hydrogen-bond donors (Lipinski definition) is 2. The van der Waals surface area contributed by atoms with Crippen LogP contribution in [0.15, 0.2) is 28.0 Å². The first-order valence-electron chi connectivity index (χ1n) is 3.18. The van der Waals surface area contributed by atoms with Crippen molar-refractivity contribution in [3.63, 3.8) is 0 Å². The highest BCUT2D eigenvalue weighted by Gasteiger charge is 2.17. The molecule has 0 bridgehead atoms. The number of rotatable bonds is 1. The summed E-state index contributed by atoms with van der Waals surface area (Å²) in [6.07, 6.45) is 0. The summed E-state index contributed by atoms with van der Waals surface area (Å²) in [5, 5.41) is 5.30. The highest BCUT2D eigenvalue weighted by Crippen LogP contribution is 2.46. The normalized spacial score (nSPS) is 16.8. The molecule has 0 radical (unpaired) electrons. The summed E-state index contributed by atoms with van der Waals surface area (Å²) in [5.41, 5.74) is 0.897. The average Bonchev–Trinajstić information content (AvgIpc) is 2.49. The van der Waals surface area contributed by atoms with Crippen molar-refractivity contribution in [2.45, 2.75) is 9.79 Å². The van der Waals surface area contributed by atoms with Gasteiger partial charge in [-0.3, -0.25) is 0 Å². The van der Waals surface area contributed by atoms with Crippen LogP contribution < -0.4 is 9.86 Å². The Labute approximate surface area is 80.6 Å². The van der Waals surface area contributed by atoms with Crippen LogP contribution in [0, 0.1) is 0 Å². The Morgan fingerprint density at radius 1 is 1.50 bits per heavy atom. The topological polar surface area (TPSA) is 55.1 Å². The highest BCUT2D eigenvalue weighted by atomic mass is 33.1. The Balaban J connectivity index is 2.56. The predicted molar refractivity (Wildman–Crippen MR) is 54.1 cm³/mol. The van der Waals surface area contributed by atoms with Crippen molar-refractivity contribution in [2.24, 2.45) is 5.14 Å². The number of hydrogen-bond acceptors (Lipinski definition) is 4. The zero-order valence-corrected chi connectivity index (χ0v) is 8.39. The largest absolute Gasteiger partial charge is 0.318 e. The molecule has 1 aliphatic heterocycles. The number of anilines is 1. The van der Waals surface area contributed by atoms with Gasteiger partial charge in [-0.25, -0.2) is 9.35 Å².